The monoisotopic (exact) mass is 238 g/mol. The third-order valence-electron chi connectivity index (χ3n) is 2.60. The quantitative estimate of drug-likeness (QED) is 0.332. The molecule has 0 fully saturated rings. The maximum Gasteiger partial charge on any atom is 0.331 e. The molecule has 0 bridgehead atoms. The second-order valence-corrected chi connectivity index (χ2v) is 3.71. The van der Waals surface area contributed by atoms with Crippen molar-refractivity contribution in [2.75, 3.05) is 12.0 Å². The molecule has 17 heavy (non-hydrogen) atoms. The van der Waals surface area contributed by atoms with Gasteiger partial charge in [0.25, 0.3) is 0 Å². The minimum Gasteiger partial charge on any atom is -0.464 e. The van der Waals surface area contributed by atoms with E-state index in [1.807, 2.05) is 0 Å². The Kier molecular flexibility index (Phi) is 4.45. The number of ether oxygens (including phenoxy) is 1. The summed E-state index contributed by atoms with van der Waals surface area (Å²) in [4.78, 5) is 11.8. The average Bonchev–Trinajstić information content (AvgIpc) is 2.38. The fourth-order valence-corrected chi connectivity index (χ4v) is 1.44. The van der Waals surface area contributed by atoms with Gasteiger partial charge in [-0.25, -0.2) is 10.2 Å². The van der Waals surface area contributed by atoms with E-state index in [0.29, 0.717) is 12.2 Å². The van der Waals surface area contributed by atoms with Crippen LogP contribution < -0.4 is 22.5 Å². The molecule has 0 saturated carbocycles. The van der Waals surface area contributed by atoms with E-state index in [4.69, 9.17) is 16.4 Å². The summed E-state index contributed by atoms with van der Waals surface area (Å²) in [6.07, 6.45) is 0. The van der Waals surface area contributed by atoms with Crippen molar-refractivity contribution >= 4 is 11.7 Å². The molecule has 0 aliphatic carbocycles. The van der Waals surface area contributed by atoms with Crippen molar-refractivity contribution in [1.29, 1.82) is 0 Å². The Labute approximate surface area is 100 Å². The maximum atomic E-state index is 11.8. The molecule has 94 valence electrons. The minimum atomic E-state index is -1.07. The van der Waals surface area contributed by atoms with Gasteiger partial charge in [0.15, 0.2) is 5.54 Å². The molecule has 0 amide bonds. The SMILES string of the molecule is CCOC(=O)C(C)(NN)c1ccc(NN)cc1. The Hall–Kier alpha value is -1.63. The van der Waals surface area contributed by atoms with Crippen LogP contribution in [0.1, 0.15) is 19.4 Å². The van der Waals surface area contributed by atoms with Crippen LogP contribution in [0.15, 0.2) is 24.3 Å². The number of benzene rings is 1. The Balaban J connectivity index is 3.02. The summed E-state index contributed by atoms with van der Waals surface area (Å²) in [7, 11) is 0. The van der Waals surface area contributed by atoms with E-state index in [2.05, 4.69) is 10.9 Å². The molecular formula is C11H18N4O2. The molecule has 0 aliphatic heterocycles. The number of hydrogen-bond donors (Lipinski definition) is 4. The van der Waals surface area contributed by atoms with Crippen molar-refractivity contribution in [2.24, 2.45) is 11.7 Å². The Morgan fingerprint density at radius 3 is 2.35 bits per heavy atom. The van der Waals surface area contributed by atoms with Gasteiger partial charge in [0.2, 0.25) is 0 Å². The van der Waals surface area contributed by atoms with Crippen molar-refractivity contribution < 1.29 is 9.53 Å². The zero-order valence-corrected chi connectivity index (χ0v) is 9.99. The number of carbonyl (C=O) groups is 1. The normalized spacial score (nSPS) is 13.9. The molecule has 0 radical (unpaired) electrons. The van der Waals surface area contributed by atoms with E-state index in [0.717, 1.165) is 5.69 Å². The lowest BCUT2D eigenvalue weighted by Crippen LogP contribution is -2.51. The molecule has 0 spiro atoms. The lowest BCUT2D eigenvalue weighted by molar-refractivity contribution is -0.151. The topological polar surface area (TPSA) is 102 Å². The largest absolute Gasteiger partial charge is 0.464 e. The average molecular weight is 238 g/mol. The number of esters is 1. The molecule has 0 aliphatic rings. The molecule has 0 heterocycles. The summed E-state index contributed by atoms with van der Waals surface area (Å²) in [6.45, 7) is 3.71. The molecule has 1 aromatic rings. The number of rotatable bonds is 5. The Morgan fingerprint density at radius 2 is 1.94 bits per heavy atom. The number of hydrazine groups is 2. The highest BCUT2D eigenvalue weighted by molar-refractivity contribution is 5.82. The van der Waals surface area contributed by atoms with E-state index < -0.39 is 11.5 Å². The first-order valence-electron chi connectivity index (χ1n) is 5.30. The van der Waals surface area contributed by atoms with Crippen LogP contribution in [0.25, 0.3) is 0 Å². The van der Waals surface area contributed by atoms with Crippen LogP contribution in [0, 0.1) is 0 Å². The van der Waals surface area contributed by atoms with Gasteiger partial charge in [-0.15, -0.1) is 0 Å². The van der Waals surface area contributed by atoms with Gasteiger partial charge in [-0.05, 0) is 31.5 Å². The molecule has 6 N–H and O–H groups in total. The highest BCUT2D eigenvalue weighted by Crippen LogP contribution is 2.23. The number of nitrogens with two attached hydrogens (primary N) is 2. The van der Waals surface area contributed by atoms with Crippen molar-refractivity contribution in [3.63, 3.8) is 0 Å². The summed E-state index contributed by atoms with van der Waals surface area (Å²) < 4.78 is 4.99. The molecule has 0 saturated heterocycles. The van der Waals surface area contributed by atoms with Gasteiger partial charge in [0, 0.05) is 5.69 Å². The zero-order chi connectivity index (χ0) is 12.9. The summed E-state index contributed by atoms with van der Waals surface area (Å²) in [5, 5.41) is 0. The minimum absolute atomic E-state index is 0.304. The van der Waals surface area contributed by atoms with Crippen molar-refractivity contribution in [2.45, 2.75) is 19.4 Å². The van der Waals surface area contributed by atoms with E-state index in [-0.39, 0.29) is 0 Å². The molecule has 0 aromatic heterocycles. The summed E-state index contributed by atoms with van der Waals surface area (Å²) in [5.41, 5.74) is 5.39. The van der Waals surface area contributed by atoms with Crippen LogP contribution in [-0.2, 0) is 15.1 Å². The van der Waals surface area contributed by atoms with Crippen molar-refractivity contribution in [3.05, 3.63) is 29.8 Å². The van der Waals surface area contributed by atoms with Crippen LogP contribution in [0.5, 0.6) is 0 Å². The smallest absolute Gasteiger partial charge is 0.331 e. The van der Waals surface area contributed by atoms with Crippen LogP contribution in [0.2, 0.25) is 0 Å². The van der Waals surface area contributed by atoms with Crippen LogP contribution in [-0.4, -0.2) is 12.6 Å². The second-order valence-electron chi connectivity index (χ2n) is 3.71. The number of nitrogen functional groups attached to an aromatic ring is 1. The van der Waals surface area contributed by atoms with Crippen molar-refractivity contribution in [1.82, 2.24) is 5.43 Å². The van der Waals surface area contributed by atoms with Crippen LogP contribution in [0.4, 0.5) is 5.69 Å². The molecule has 1 aromatic carbocycles. The molecular weight excluding hydrogens is 220 g/mol. The van der Waals surface area contributed by atoms with Gasteiger partial charge in [0.1, 0.15) is 0 Å². The predicted molar refractivity (Wildman–Crippen MR) is 65.6 cm³/mol. The predicted octanol–water partition coefficient (Wildman–Crippen LogP) is 0.214. The molecule has 1 rings (SSSR count). The lowest BCUT2D eigenvalue weighted by Gasteiger charge is -2.26. The first-order chi connectivity index (χ1) is 8.08. The zero-order valence-electron chi connectivity index (χ0n) is 9.99. The third kappa shape index (κ3) is 2.73. The standard InChI is InChI=1S/C11H18N4O2/c1-3-17-10(16)11(2,15-13)8-4-6-9(14-12)7-5-8/h4-7,14-15H,3,12-13H2,1-2H3. The van der Waals surface area contributed by atoms with Gasteiger partial charge < -0.3 is 10.2 Å². The summed E-state index contributed by atoms with van der Waals surface area (Å²) in [5.74, 6) is 10.3. The van der Waals surface area contributed by atoms with Crippen molar-refractivity contribution in [3.8, 4) is 0 Å². The lowest BCUT2D eigenvalue weighted by atomic mass is 9.93. The summed E-state index contributed by atoms with van der Waals surface area (Å²) >= 11 is 0. The summed E-state index contributed by atoms with van der Waals surface area (Å²) in [6, 6.07) is 7.02. The van der Waals surface area contributed by atoms with Gasteiger partial charge in [0.05, 0.1) is 6.61 Å². The van der Waals surface area contributed by atoms with Gasteiger partial charge in [-0.1, -0.05) is 12.1 Å². The van der Waals surface area contributed by atoms with E-state index in [1.54, 1.807) is 38.1 Å². The van der Waals surface area contributed by atoms with E-state index in [1.165, 1.54) is 0 Å². The molecule has 1 unspecified atom stereocenters. The van der Waals surface area contributed by atoms with E-state index >= 15 is 0 Å². The highest BCUT2D eigenvalue weighted by Gasteiger charge is 2.35. The fraction of sp³-hybridized carbons (Fsp3) is 0.364. The Morgan fingerprint density at radius 1 is 1.35 bits per heavy atom. The van der Waals surface area contributed by atoms with Gasteiger partial charge in [-0.2, -0.15) is 0 Å². The third-order valence-corrected chi connectivity index (χ3v) is 2.60. The number of carbonyl (C=O) groups excluding carboxylic acids is 1. The van der Waals surface area contributed by atoms with Gasteiger partial charge >= 0.3 is 5.97 Å². The number of anilines is 1. The number of hydrogen-bond acceptors (Lipinski definition) is 6. The molecule has 6 heteroatoms. The van der Waals surface area contributed by atoms with Gasteiger partial charge in [-0.3, -0.25) is 11.7 Å². The van der Waals surface area contributed by atoms with Crippen LogP contribution in [0.3, 0.4) is 0 Å². The second kappa shape index (κ2) is 5.62. The van der Waals surface area contributed by atoms with E-state index in [9.17, 15) is 4.79 Å². The molecule has 6 nitrogen and oxygen atoms in total. The highest BCUT2D eigenvalue weighted by atomic mass is 16.5. The Bertz CT molecular complexity index is 380. The maximum absolute atomic E-state index is 11.8. The molecule has 1 atom stereocenters. The first kappa shape index (κ1) is 13.4. The first-order valence-corrected chi connectivity index (χ1v) is 5.30. The number of nitrogens with one attached hydrogen (secondary N) is 2. The van der Waals surface area contributed by atoms with Crippen LogP contribution >= 0.6 is 0 Å². The fourth-order valence-electron chi connectivity index (χ4n) is 1.44.